The van der Waals surface area contributed by atoms with Crippen molar-refractivity contribution in [2.45, 2.75) is 413 Å². The number of rotatable bonds is 75. The second-order valence-electron chi connectivity index (χ2n) is 40.7. The van der Waals surface area contributed by atoms with Crippen LogP contribution in [0, 0.1) is 47.3 Å². The zero-order valence-corrected chi connectivity index (χ0v) is 86.4. The quantitative estimate of drug-likeness (QED) is 0.0378. The number of nitrogens with zero attached hydrogens (tertiary/aromatic N) is 1. The minimum Gasteiger partial charge on any atom is -0.368 e. The molecule has 1 saturated heterocycles. The van der Waals surface area contributed by atoms with Crippen LogP contribution in [-0.4, -0.2) is 254 Å². The monoisotopic (exact) mass is 1960 g/mol. The Balaban J connectivity index is 3.80. The lowest BCUT2D eigenvalue weighted by Gasteiger charge is -2.32. The second kappa shape index (κ2) is 70.4. The lowest BCUT2D eigenvalue weighted by molar-refractivity contribution is -0.143. The van der Waals surface area contributed by atoms with E-state index < -0.39 is 197 Å². The molecule has 0 aromatic heterocycles. The van der Waals surface area contributed by atoms with Crippen LogP contribution in [0.5, 0.6) is 0 Å². The van der Waals surface area contributed by atoms with E-state index in [9.17, 15) is 71.9 Å². The van der Waals surface area contributed by atoms with Gasteiger partial charge in [-0.25, -0.2) is 0 Å². The molecule has 41 nitrogen and oxygen atoms in total. The van der Waals surface area contributed by atoms with Gasteiger partial charge in [0, 0.05) is 13.5 Å². The molecule has 0 unspecified atom stereocenters. The van der Waals surface area contributed by atoms with Gasteiger partial charge < -0.3 is 131 Å². The molecule has 0 aromatic carbocycles. The van der Waals surface area contributed by atoms with Crippen LogP contribution in [0.25, 0.3) is 0 Å². The van der Waals surface area contributed by atoms with E-state index in [1.54, 1.807) is 0 Å². The molecule has 794 valence electrons. The van der Waals surface area contributed by atoms with Gasteiger partial charge in [0.2, 0.25) is 100 Å². The highest BCUT2D eigenvalue weighted by Gasteiger charge is 2.43. The lowest BCUT2D eigenvalue weighted by Crippen LogP contribution is -2.61. The van der Waals surface area contributed by atoms with Crippen molar-refractivity contribution in [2.75, 3.05) is 52.4 Å². The fourth-order valence-corrected chi connectivity index (χ4v) is 16.5. The average Bonchev–Trinajstić information content (AvgIpc) is 1.69. The van der Waals surface area contributed by atoms with E-state index >= 15 is 9.59 Å². The standard InChI is InChI=1S/C97H184N24O17/c1-57(2)49-73(82(105)123)113-86(127)69(36-21-28-44-101)107-84(125)67(34-19-26-42-99)108-89(130)74(50-58(3)4)118-94(135)79(55-63(13)14)116-88(129)71(38-23-30-46-103)111-92(133)80(56-64(15)16)120-96(137)81-40-32-48-121(81)97(138)72(39-24-31-47-104)112-85(126)68(35-20-27-43-100)109-90(131)75(51-59(5)6)119-95(136)78(54-62(11)12)115-87(128)70(37-22-29-45-102)110-91(132)76(52-60(7)8)117-93(134)77(53-61(9)10)114-83(124)66(106-65(17)122)33-18-25-41-98/h57-64,66-81H,18-56,98-104H2,1-17H3,(H2,105,123)(H,106,122)(H,107,125)(H,108,130)(H,109,131)(H,110,132)(H,111,133)(H,112,126)(H,113,127)(H,114,124)(H,115,128)(H,116,129)(H,117,134)(H,118,135)(H,119,136)(H,120,137)/t66-,67-,68-,69-,70-,71-,72-,73-,74-,75-,76-,77-,78-,79-,80-,81-/m0/s1. The molecule has 17 amide bonds. The van der Waals surface area contributed by atoms with Crippen LogP contribution in [0.15, 0.2) is 0 Å². The molecule has 0 bridgehead atoms. The topological polar surface area (TPSA) is 682 Å². The molecule has 0 aromatic rings. The predicted molar refractivity (Wildman–Crippen MR) is 535 cm³/mol. The molecule has 41 heteroatoms. The molecule has 0 aliphatic carbocycles. The van der Waals surface area contributed by atoms with E-state index in [2.05, 4.69) is 79.8 Å². The number of nitrogens with one attached hydrogen (secondary N) is 15. The van der Waals surface area contributed by atoms with Crippen LogP contribution in [0.3, 0.4) is 0 Å². The van der Waals surface area contributed by atoms with Crippen molar-refractivity contribution < 1.29 is 81.5 Å². The molecular formula is C97H184N24O17. The van der Waals surface area contributed by atoms with E-state index in [1.807, 2.05) is 111 Å². The van der Waals surface area contributed by atoms with Crippen molar-refractivity contribution in [3.8, 4) is 0 Å². The van der Waals surface area contributed by atoms with E-state index in [-0.39, 0.29) is 189 Å². The van der Waals surface area contributed by atoms with Gasteiger partial charge in [-0.05, 0) is 292 Å². The summed E-state index contributed by atoms with van der Waals surface area (Å²) in [5.41, 5.74) is 46.9. The summed E-state index contributed by atoms with van der Waals surface area (Å²) >= 11 is 0. The average molecular weight is 1960 g/mol. The normalized spacial score (nSPS) is 16.0. The Morgan fingerprint density at radius 3 is 0.594 bits per heavy atom. The highest BCUT2D eigenvalue weighted by atomic mass is 16.2. The summed E-state index contributed by atoms with van der Waals surface area (Å²) in [5, 5.41) is 42.3. The van der Waals surface area contributed by atoms with Crippen LogP contribution in [0.2, 0.25) is 0 Å². The zero-order valence-electron chi connectivity index (χ0n) is 86.4. The summed E-state index contributed by atoms with van der Waals surface area (Å²) in [6.45, 7) is 32.8. The summed E-state index contributed by atoms with van der Waals surface area (Å²) in [6.07, 6.45) is 8.18. The number of nitrogens with two attached hydrogens (primary N) is 8. The Bertz CT molecular complexity index is 3700. The Morgan fingerprint density at radius 2 is 0.399 bits per heavy atom. The molecule has 138 heavy (non-hydrogen) atoms. The third-order valence-corrected chi connectivity index (χ3v) is 23.7. The molecule has 1 rings (SSSR count). The second-order valence-corrected chi connectivity index (χ2v) is 40.7. The molecule has 0 radical (unpaired) electrons. The molecule has 1 aliphatic rings. The first-order valence-corrected chi connectivity index (χ1v) is 51.1. The zero-order chi connectivity index (χ0) is 104. The minimum absolute atomic E-state index is 0.0127. The predicted octanol–water partition coefficient (Wildman–Crippen LogP) is 1.03. The summed E-state index contributed by atoms with van der Waals surface area (Å²) in [6, 6.07) is -19.4. The molecule has 16 atom stereocenters. The summed E-state index contributed by atoms with van der Waals surface area (Å²) in [4.78, 5) is 246. The van der Waals surface area contributed by atoms with Crippen molar-refractivity contribution in [2.24, 2.45) is 93.2 Å². The number of amides is 17. The van der Waals surface area contributed by atoms with Gasteiger partial charge in [0.15, 0.2) is 0 Å². The third kappa shape index (κ3) is 52.3. The van der Waals surface area contributed by atoms with Gasteiger partial charge in [-0.3, -0.25) is 81.5 Å². The van der Waals surface area contributed by atoms with Crippen molar-refractivity contribution >= 4 is 100 Å². The molecule has 31 N–H and O–H groups in total. The molecule has 1 aliphatic heterocycles. The van der Waals surface area contributed by atoms with Gasteiger partial charge >= 0.3 is 0 Å². The first-order valence-electron chi connectivity index (χ1n) is 51.1. The van der Waals surface area contributed by atoms with Gasteiger partial charge in [-0.2, -0.15) is 0 Å². The summed E-state index contributed by atoms with van der Waals surface area (Å²) in [7, 11) is 0. The lowest BCUT2D eigenvalue weighted by atomic mass is 9.98. The molecule has 1 heterocycles. The molecule has 0 saturated carbocycles. The Hall–Kier alpha value is -9.29. The first-order chi connectivity index (χ1) is 65.1. The molecule has 0 spiro atoms. The van der Waals surface area contributed by atoms with E-state index in [0.29, 0.717) is 109 Å². The summed E-state index contributed by atoms with van der Waals surface area (Å²) < 4.78 is 0. The number of carbonyl (C=O) groups is 17. The van der Waals surface area contributed by atoms with Crippen molar-refractivity contribution in [1.82, 2.24) is 84.7 Å². The van der Waals surface area contributed by atoms with Gasteiger partial charge in [-0.1, -0.05) is 111 Å². The molecule has 1 fully saturated rings. The van der Waals surface area contributed by atoms with Gasteiger partial charge in [-0.15, -0.1) is 0 Å². The SMILES string of the molecule is CC(=O)N[C@@H](CCCCN)C(=O)N[C@@H](CC(C)C)C(=O)N[C@@H](CC(C)C)C(=O)N[C@@H](CCCCN)C(=O)N[C@@H](CC(C)C)C(=O)N[C@@H](CC(C)C)C(=O)N[C@@H](CCCCN)C(=O)N[C@@H](CCCCN)C(=O)N1CCC[C@H]1C(=O)N[C@@H](CC(C)C)C(=O)N[C@@H](CCCCN)C(=O)N[C@@H](CC(C)C)C(=O)N[C@@H](CC(C)C)C(=O)N[C@@H](CCCCN)C(=O)N[C@@H](CCCCN)C(=O)N[C@@H](CC(C)C)C(N)=O. The largest absolute Gasteiger partial charge is 0.368 e. The van der Waals surface area contributed by atoms with Crippen LogP contribution >= 0.6 is 0 Å². The smallest absolute Gasteiger partial charge is 0.245 e. The van der Waals surface area contributed by atoms with Crippen LogP contribution in [0.4, 0.5) is 0 Å². The number of hydrogen-bond donors (Lipinski definition) is 23. The maximum Gasteiger partial charge on any atom is 0.245 e. The fraction of sp³-hybridized carbons (Fsp3) is 0.825. The third-order valence-electron chi connectivity index (χ3n) is 23.7. The number of hydrogen-bond acceptors (Lipinski definition) is 24. The van der Waals surface area contributed by atoms with E-state index in [1.165, 1.54) is 11.8 Å². The highest BCUT2D eigenvalue weighted by Crippen LogP contribution is 2.24. The van der Waals surface area contributed by atoms with Gasteiger partial charge in [0.05, 0.1) is 0 Å². The van der Waals surface area contributed by atoms with Gasteiger partial charge in [0.1, 0.15) is 96.7 Å². The number of likely N-dealkylation sites (tertiary alicyclic amines) is 1. The first kappa shape index (κ1) is 127. The van der Waals surface area contributed by atoms with Crippen molar-refractivity contribution in [3.63, 3.8) is 0 Å². The van der Waals surface area contributed by atoms with Crippen LogP contribution in [-0.2, 0) is 81.5 Å². The van der Waals surface area contributed by atoms with Crippen molar-refractivity contribution in [3.05, 3.63) is 0 Å². The molecular weight excluding hydrogens is 1770 g/mol. The van der Waals surface area contributed by atoms with Crippen LogP contribution in [0.1, 0.15) is 317 Å². The maximum atomic E-state index is 15.3. The van der Waals surface area contributed by atoms with Gasteiger partial charge in [0.25, 0.3) is 0 Å². The van der Waals surface area contributed by atoms with E-state index in [0.717, 1.165) is 0 Å². The van der Waals surface area contributed by atoms with Crippen LogP contribution < -0.4 is 126 Å². The Labute approximate surface area is 821 Å². The Kier molecular flexibility index (Phi) is 64.6. The fourth-order valence-electron chi connectivity index (χ4n) is 16.5. The highest BCUT2D eigenvalue weighted by molar-refractivity contribution is 6.01. The van der Waals surface area contributed by atoms with Crippen molar-refractivity contribution in [1.29, 1.82) is 0 Å². The summed E-state index contributed by atoms with van der Waals surface area (Å²) in [5.74, 6) is -13.2. The number of carbonyl (C=O) groups excluding carboxylic acids is 17. The van der Waals surface area contributed by atoms with E-state index in [4.69, 9.17) is 45.9 Å². The Morgan fingerprint density at radius 1 is 0.232 bits per heavy atom. The number of primary amides is 1. The minimum atomic E-state index is -1.32. The number of unbranched alkanes of at least 4 members (excludes halogenated alkanes) is 7. The maximum absolute atomic E-state index is 15.3.